The fourth-order valence-corrected chi connectivity index (χ4v) is 2.66. The zero-order valence-corrected chi connectivity index (χ0v) is 8.79. The average molecular weight is 176 g/mol. The minimum absolute atomic E-state index is 0.801. The molecule has 72 valence electrons. The van der Waals surface area contributed by atoms with Crippen LogP contribution in [0.15, 0.2) is 23.8 Å². The molecule has 0 aromatic carbocycles. The van der Waals surface area contributed by atoms with E-state index < -0.39 is 0 Å². The minimum Gasteiger partial charge on any atom is -0.0841 e. The van der Waals surface area contributed by atoms with Gasteiger partial charge in [0.1, 0.15) is 0 Å². The first-order valence-corrected chi connectivity index (χ1v) is 5.63. The normalized spacial score (nSPS) is 33.0. The number of fused-ring (bicyclic) bond motifs is 1. The summed E-state index contributed by atoms with van der Waals surface area (Å²) < 4.78 is 0. The van der Waals surface area contributed by atoms with E-state index in [1.54, 1.807) is 5.57 Å². The SMILES string of the molecule is CC(C)C1CCC2=CCC=CC2C1. The maximum absolute atomic E-state index is 2.45. The van der Waals surface area contributed by atoms with Crippen molar-refractivity contribution in [2.45, 2.75) is 39.5 Å². The van der Waals surface area contributed by atoms with Crippen molar-refractivity contribution in [2.75, 3.05) is 0 Å². The smallest absolute Gasteiger partial charge is 0.00203 e. The molecule has 2 aliphatic rings. The molecule has 2 unspecified atom stereocenters. The molecule has 0 radical (unpaired) electrons. The molecular weight excluding hydrogens is 156 g/mol. The third-order valence-electron chi connectivity index (χ3n) is 3.66. The Kier molecular flexibility index (Phi) is 2.57. The lowest BCUT2D eigenvalue weighted by Crippen LogP contribution is -2.21. The molecule has 1 saturated carbocycles. The van der Waals surface area contributed by atoms with E-state index in [0.717, 1.165) is 17.8 Å². The van der Waals surface area contributed by atoms with Gasteiger partial charge in [-0.1, -0.05) is 37.6 Å². The van der Waals surface area contributed by atoms with Crippen molar-refractivity contribution in [3.8, 4) is 0 Å². The zero-order valence-electron chi connectivity index (χ0n) is 8.79. The van der Waals surface area contributed by atoms with Gasteiger partial charge in [0.25, 0.3) is 0 Å². The molecule has 2 aliphatic carbocycles. The summed E-state index contributed by atoms with van der Waals surface area (Å²) in [5, 5.41) is 0. The topological polar surface area (TPSA) is 0 Å². The first-order chi connectivity index (χ1) is 6.27. The van der Waals surface area contributed by atoms with Crippen LogP contribution in [0.25, 0.3) is 0 Å². The van der Waals surface area contributed by atoms with Crippen LogP contribution in [0, 0.1) is 17.8 Å². The highest BCUT2D eigenvalue weighted by molar-refractivity contribution is 5.21. The van der Waals surface area contributed by atoms with Crippen LogP contribution in [-0.4, -0.2) is 0 Å². The molecule has 0 N–H and O–H groups in total. The Morgan fingerprint density at radius 3 is 3.00 bits per heavy atom. The van der Waals surface area contributed by atoms with Crippen LogP contribution in [0.2, 0.25) is 0 Å². The van der Waals surface area contributed by atoms with Crippen molar-refractivity contribution in [3.05, 3.63) is 23.8 Å². The lowest BCUT2D eigenvalue weighted by molar-refractivity contribution is 0.281. The van der Waals surface area contributed by atoms with Crippen molar-refractivity contribution in [1.82, 2.24) is 0 Å². The van der Waals surface area contributed by atoms with E-state index in [0.29, 0.717) is 0 Å². The summed E-state index contributed by atoms with van der Waals surface area (Å²) in [4.78, 5) is 0. The Balaban J connectivity index is 2.03. The number of rotatable bonds is 1. The molecule has 0 nitrogen and oxygen atoms in total. The molecule has 0 heterocycles. The van der Waals surface area contributed by atoms with E-state index in [2.05, 4.69) is 32.1 Å². The summed E-state index contributed by atoms with van der Waals surface area (Å²) in [6.07, 6.45) is 12.6. The fraction of sp³-hybridized carbons (Fsp3) is 0.692. The van der Waals surface area contributed by atoms with Crippen molar-refractivity contribution in [1.29, 1.82) is 0 Å². The first kappa shape index (κ1) is 9.05. The molecule has 2 atom stereocenters. The monoisotopic (exact) mass is 176 g/mol. The maximum Gasteiger partial charge on any atom is -0.00203 e. The second kappa shape index (κ2) is 3.69. The van der Waals surface area contributed by atoms with Crippen molar-refractivity contribution >= 4 is 0 Å². The van der Waals surface area contributed by atoms with E-state index in [4.69, 9.17) is 0 Å². The number of hydrogen-bond acceptors (Lipinski definition) is 0. The van der Waals surface area contributed by atoms with Crippen LogP contribution in [0.1, 0.15) is 39.5 Å². The van der Waals surface area contributed by atoms with E-state index in [1.807, 2.05) is 0 Å². The summed E-state index contributed by atoms with van der Waals surface area (Å²) in [6.45, 7) is 4.73. The molecule has 0 bridgehead atoms. The Labute approximate surface area is 81.7 Å². The van der Waals surface area contributed by atoms with Gasteiger partial charge in [-0.15, -0.1) is 0 Å². The molecule has 0 amide bonds. The average Bonchev–Trinajstić information content (AvgIpc) is 2.17. The van der Waals surface area contributed by atoms with Gasteiger partial charge < -0.3 is 0 Å². The van der Waals surface area contributed by atoms with Crippen LogP contribution in [0.4, 0.5) is 0 Å². The quantitative estimate of drug-likeness (QED) is 0.531. The van der Waals surface area contributed by atoms with Gasteiger partial charge in [0.15, 0.2) is 0 Å². The van der Waals surface area contributed by atoms with Crippen LogP contribution >= 0.6 is 0 Å². The van der Waals surface area contributed by atoms with Crippen molar-refractivity contribution < 1.29 is 0 Å². The standard InChI is InChI=1S/C13H20/c1-10(2)12-8-7-11-5-3-4-6-13(11)9-12/h4-6,10,12-13H,3,7-9H2,1-2H3. The molecule has 1 fully saturated rings. The predicted octanol–water partition coefficient (Wildman–Crippen LogP) is 3.95. The number of hydrogen-bond donors (Lipinski definition) is 0. The largest absolute Gasteiger partial charge is 0.0841 e. The summed E-state index contributed by atoms with van der Waals surface area (Å²) in [6, 6.07) is 0. The highest BCUT2D eigenvalue weighted by Gasteiger charge is 2.26. The summed E-state index contributed by atoms with van der Waals surface area (Å²) in [5.74, 6) is 2.64. The minimum atomic E-state index is 0.801. The highest BCUT2D eigenvalue weighted by atomic mass is 14.3. The molecule has 0 heteroatoms. The predicted molar refractivity (Wildman–Crippen MR) is 57.5 cm³/mol. The molecule has 0 saturated heterocycles. The van der Waals surface area contributed by atoms with Gasteiger partial charge >= 0.3 is 0 Å². The molecule has 13 heavy (non-hydrogen) atoms. The molecule has 0 aliphatic heterocycles. The Bertz CT molecular complexity index is 232. The summed E-state index contributed by atoms with van der Waals surface area (Å²) in [5.41, 5.74) is 1.72. The maximum atomic E-state index is 2.45. The van der Waals surface area contributed by atoms with Gasteiger partial charge in [0.2, 0.25) is 0 Å². The van der Waals surface area contributed by atoms with E-state index in [1.165, 1.54) is 25.7 Å². The third-order valence-corrected chi connectivity index (χ3v) is 3.66. The second-order valence-electron chi connectivity index (χ2n) is 4.83. The molecular formula is C13H20. The summed E-state index contributed by atoms with van der Waals surface area (Å²) in [7, 11) is 0. The fourth-order valence-electron chi connectivity index (χ4n) is 2.66. The van der Waals surface area contributed by atoms with Gasteiger partial charge in [-0.25, -0.2) is 0 Å². The molecule has 0 spiro atoms. The Morgan fingerprint density at radius 1 is 1.38 bits per heavy atom. The van der Waals surface area contributed by atoms with Crippen LogP contribution in [0.5, 0.6) is 0 Å². The van der Waals surface area contributed by atoms with Crippen LogP contribution in [-0.2, 0) is 0 Å². The van der Waals surface area contributed by atoms with Gasteiger partial charge in [-0.3, -0.25) is 0 Å². The van der Waals surface area contributed by atoms with Crippen LogP contribution in [0.3, 0.4) is 0 Å². The van der Waals surface area contributed by atoms with E-state index in [9.17, 15) is 0 Å². The van der Waals surface area contributed by atoms with E-state index in [-0.39, 0.29) is 0 Å². The zero-order chi connectivity index (χ0) is 9.26. The lowest BCUT2D eigenvalue weighted by Gasteiger charge is -2.33. The Morgan fingerprint density at radius 2 is 2.23 bits per heavy atom. The molecule has 2 rings (SSSR count). The highest BCUT2D eigenvalue weighted by Crippen LogP contribution is 2.39. The van der Waals surface area contributed by atoms with E-state index >= 15 is 0 Å². The lowest BCUT2D eigenvalue weighted by atomic mass is 9.72. The van der Waals surface area contributed by atoms with Gasteiger partial charge in [-0.2, -0.15) is 0 Å². The molecule has 0 aromatic rings. The van der Waals surface area contributed by atoms with Crippen molar-refractivity contribution in [2.24, 2.45) is 17.8 Å². The second-order valence-corrected chi connectivity index (χ2v) is 4.83. The summed E-state index contributed by atoms with van der Waals surface area (Å²) >= 11 is 0. The van der Waals surface area contributed by atoms with Gasteiger partial charge in [0.05, 0.1) is 0 Å². The first-order valence-electron chi connectivity index (χ1n) is 5.63. The Hall–Kier alpha value is -0.520. The third kappa shape index (κ3) is 1.87. The van der Waals surface area contributed by atoms with Gasteiger partial charge in [0, 0.05) is 0 Å². The van der Waals surface area contributed by atoms with Crippen LogP contribution < -0.4 is 0 Å². The molecule has 0 aromatic heterocycles. The van der Waals surface area contributed by atoms with Crippen molar-refractivity contribution in [3.63, 3.8) is 0 Å². The number of allylic oxidation sites excluding steroid dienone is 4. The van der Waals surface area contributed by atoms with Gasteiger partial charge in [-0.05, 0) is 43.4 Å².